The van der Waals surface area contributed by atoms with E-state index < -0.39 is 22.6 Å². The van der Waals surface area contributed by atoms with Gasteiger partial charge in [-0.2, -0.15) is 0 Å². The molecule has 0 radical (unpaired) electrons. The molecule has 8 heteroatoms. The van der Waals surface area contributed by atoms with Crippen LogP contribution >= 0.6 is 11.8 Å². The van der Waals surface area contributed by atoms with Crippen molar-refractivity contribution in [2.75, 3.05) is 36.0 Å². The molecule has 45 heavy (non-hydrogen) atoms. The molecule has 2 aromatic carbocycles. The highest BCUT2D eigenvalue weighted by Crippen LogP contribution is 2.69. The quantitative estimate of drug-likeness (QED) is 0.207. The summed E-state index contributed by atoms with van der Waals surface area (Å²) >= 11 is 1.71. The van der Waals surface area contributed by atoms with E-state index in [0.717, 1.165) is 48.2 Å². The molecule has 2 bridgehead atoms. The molecular weight excluding hydrogens is 582 g/mol. The van der Waals surface area contributed by atoms with Crippen molar-refractivity contribution < 1.29 is 19.5 Å². The van der Waals surface area contributed by atoms with E-state index in [9.17, 15) is 14.7 Å². The summed E-state index contributed by atoms with van der Waals surface area (Å²) in [4.78, 5) is 49.6. The molecule has 0 aliphatic carbocycles. The second-order valence-corrected chi connectivity index (χ2v) is 14.4. The Morgan fingerprint density at radius 1 is 1.00 bits per heavy atom. The maximum atomic E-state index is 15.0. The fourth-order valence-corrected chi connectivity index (χ4v) is 10.3. The predicted octanol–water partition coefficient (Wildman–Crippen LogP) is 5.93. The van der Waals surface area contributed by atoms with Gasteiger partial charge in [-0.05, 0) is 68.4 Å². The van der Waals surface area contributed by atoms with Crippen molar-refractivity contribution >= 4 is 40.9 Å². The molecule has 5 rings (SSSR count). The van der Waals surface area contributed by atoms with E-state index in [1.807, 2.05) is 67.3 Å². The number of anilines is 2. The number of aryl methyl sites for hydroxylation is 2. The number of carbonyl (C=O) groups excluding carboxylic acids is 3. The van der Waals surface area contributed by atoms with Gasteiger partial charge in [0.05, 0.1) is 16.6 Å². The van der Waals surface area contributed by atoms with E-state index in [4.69, 9.17) is 0 Å². The molecule has 7 nitrogen and oxygen atoms in total. The van der Waals surface area contributed by atoms with Crippen molar-refractivity contribution in [2.24, 2.45) is 17.8 Å². The topological polar surface area (TPSA) is 81.2 Å². The lowest BCUT2D eigenvalue weighted by Gasteiger charge is -2.41. The Morgan fingerprint density at radius 2 is 1.69 bits per heavy atom. The highest BCUT2D eigenvalue weighted by molar-refractivity contribution is 8.02. The van der Waals surface area contributed by atoms with E-state index in [0.29, 0.717) is 26.1 Å². The van der Waals surface area contributed by atoms with Gasteiger partial charge >= 0.3 is 0 Å². The monoisotopic (exact) mass is 629 g/mol. The minimum atomic E-state index is -0.710. The Kier molecular flexibility index (Phi) is 10.2. The SMILES string of the molecule is C=CCN(C(=O)[C@@H]1[C@@H]2CC(C)C3(S2)C(C(=O)N(CC=C)c2cc(C)ccc2C)N(CCCCCCO)C(=O)[C@H]13)c1ccccc1. The molecule has 3 fully saturated rings. The van der Waals surface area contributed by atoms with Crippen LogP contribution in [-0.2, 0) is 14.4 Å². The highest BCUT2D eigenvalue weighted by atomic mass is 32.2. The number of aliphatic hydroxyl groups is 1. The van der Waals surface area contributed by atoms with Gasteiger partial charge in [0.1, 0.15) is 6.04 Å². The first-order chi connectivity index (χ1) is 21.7. The maximum absolute atomic E-state index is 15.0. The normalized spacial score (nSPS) is 26.5. The van der Waals surface area contributed by atoms with Crippen LogP contribution in [-0.4, -0.2) is 70.0 Å². The number of hydrogen-bond donors (Lipinski definition) is 1. The number of unbranched alkanes of at least 4 members (excludes halogenated alkanes) is 3. The summed E-state index contributed by atoms with van der Waals surface area (Å²) in [7, 11) is 0. The smallest absolute Gasteiger partial charge is 0.251 e. The Bertz CT molecular complexity index is 1430. The van der Waals surface area contributed by atoms with Crippen molar-refractivity contribution in [1.82, 2.24) is 4.90 Å². The Balaban J connectivity index is 1.57. The van der Waals surface area contributed by atoms with E-state index in [1.165, 1.54) is 0 Å². The first kappa shape index (κ1) is 33.0. The first-order valence-corrected chi connectivity index (χ1v) is 17.1. The number of thioether (sulfide) groups is 1. The van der Waals surface area contributed by atoms with Gasteiger partial charge in [-0.15, -0.1) is 24.9 Å². The van der Waals surface area contributed by atoms with Crippen LogP contribution in [0.3, 0.4) is 0 Å². The van der Waals surface area contributed by atoms with Crippen LogP contribution in [0.1, 0.15) is 50.2 Å². The van der Waals surface area contributed by atoms with Crippen LogP contribution in [0.4, 0.5) is 11.4 Å². The summed E-state index contributed by atoms with van der Waals surface area (Å²) in [6.07, 6.45) is 7.41. The van der Waals surface area contributed by atoms with Gasteiger partial charge in [-0.1, -0.05) is 62.2 Å². The molecule has 3 aliphatic heterocycles. The van der Waals surface area contributed by atoms with Crippen molar-refractivity contribution in [1.29, 1.82) is 0 Å². The van der Waals surface area contributed by atoms with Crippen LogP contribution < -0.4 is 9.80 Å². The Morgan fingerprint density at radius 3 is 2.38 bits per heavy atom. The Labute approximate surface area is 272 Å². The van der Waals surface area contributed by atoms with Gasteiger partial charge in [0.25, 0.3) is 5.91 Å². The Hall–Kier alpha value is -3.36. The zero-order valence-corrected chi connectivity index (χ0v) is 27.7. The third-order valence-electron chi connectivity index (χ3n) is 9.95. The van der Waals surface area contributed by atoms with Gasteiger partial charge in [0, 0.05) is 42.9 Å². The average molecular weight is 630 g/mol. The van der Waals surface area contributed by atoms with Gasteiger partial charge in [-0.25, -0.2) is 0 Å². The molecule has 1 N–H and O–H groups in total. The van der Waals surface area contributed by atoms with Gasteiger partial charge in [0.15, 0.2) is 0 Å². The number of benzene rings is 2. The van der Waals surface area contributed by atoms with Crippen molar-refractivity contribution in [3.05, 3.63) is 85.0 Å². The number of fused-ring (bicyclic) bond motifs is 1. The third kappa shape index (κ3) is 5.87. The molecule has 3 saturated heterocycles. The second-order valence-electron chi connectivity index (χ2n) is 12.8. The second kappa shape index (κ2) is 14.0. The number of aliphatic hydroxyl groups excluding tert-OH is 1. The van der Waals surface area contributed by atoms with E-state index in [1.54, 1.807) is 33.7 Å². The predicted molar refractivity (Wildman–Crippen MR) is 183 cm³/mol. The lowest BCUT2D eigenvalue weighted by atomic mass is 9.65. The number of nitrogens with zero attached hydrogens (tertiary/aromatic N) is 3. The van der Waals surface area contributed by atoms with Crippen LogP contribution in [0.15, 0.2) is 73.8 Å². The largest absolute Gasteiger partial charge is 0.396 e. The number of amides is 3. The zero-order valence-electron chi connectivity index (χ0n) is 26.9. The lowest BCUT2D eigenvalue weighted by molar-refractivity contribution is -0.139. The van der Waals surface area contributed by atoms with Crippen LogP contribution in [0.5, 0.6) is 0 Å². The fraction of sp³-hybridized carbons (Fsp3) is 0.486. The lowest BCUT2D eigenvalue weighted by Crippen LogP contribution is -2.58. The number of hydrogen-bond acceptors (Lipinski definition) is 5. The van der Waals surface area contributed by atoms with Crippen LogP contribution in [0, 0.1) is 31.6 Å². The average Bonchev–Trinajstić information content (AvgIpc) is 3.63. The van der Waals surface area contributed by atoms with Crippen molar-refractivity contribution in [3.63, 3.8) is 0 Å². The fourth-order valence-electron chi connectivity index (χ4n) is 7.90. The van der Waals surface area contributed by atoms with E-state index >= 15 is 4.79 Å². The molecule has 3 amide bonds. The van der Waals surface area contributed by atoms with Crippen LogP contribution in [0.25, 0.3) is 0 Å². The zero-order chi connectivity index (χ0) is 32.3. The molecule has 2 aromatic rings. The first-order valence-electron chi connectivity index (χ1n) is 16.3. The minimum Gasteiger partial charge on any atom is -0.396 e. The van der Waals surface area contributed by atoms with E-state index in [2.05, 4.69) is 20.1 Å². The molecule has 3 heterocycles. The number of likely N-dealkylation sites (tertiary alicyclic amines) is 1. The van der Waals surface area contributed by atoms with E-state index in [-0.39, 0.29) is 35.5 Å². The number of para-hydroxylation sites is 1. The molecule has 240 valence electrons. The molecule has 0 aromatic heterocycles. The molecule has 3 aliphatic rings. The molecule has 1 spiro atoms. The summed E-state index contributed by atoms with van der Waals surface area (Å²) in [5.74, 6) is -1.29. The number of carbonyl (C=O) groups is 3. The summed E-state index contributed by atoms with van der Waals surface area (Å²) in [6, 6.07) is 15.0. The maximum Gasteiger partial charge on any atom is 0.251 e. The molecule has 3 unspecified atom stereocenters. The molecular formula is C37H47N3O4S. The molecule has 6 atom stereocenters. The summed E-state index contributed by atoms with van der Waals surface area (Å²) in [5.41, 5.74) is 3.64. The van der Waals surface area contributed by atoms with Gasteiger partial charge in [0.2, 0.25) is 11.8 Å². The van der Waals surface area contributed by atoms with Gasteiger partial charge < -0.3 is 19.8 Å². The highest BCUT2D eigenvalue weighted by Gasteiger charge is 2.76. The van der Waals surface area contributed by atoms with Crippen molar-refractivity contribution in [3.8, 4) is 0 Å². The summed E-state index contributed by atoms with van der Waals surface area (Å²) in [5, 5.41) is 9.24. The van der Waals surface area contributed by atoms with Crippen LogP contribution in [0.2, 0.25) is 0 Å². The summed E-state index contributed by atoms with van der Waals surface area (Å²) in [6.45, 7) is 15.3. The number of rotatable bonds is 14. The minimum absolute atomic E-state index is 0.0481. The van der Waals surface area contributed by atoms with Gasteiger partial charge in [-0.3, -0.25) is 14.4 Å². The van der Waals surface area contributed by atoms with Crippen molar-refractivity contribution in [2.45, 2.75) is 68.9 Å². The molecule has 0 saturated carbocycles. The summed E-state index contributed by atoms with van der Waals surface area (Å²) < 4.78 is -0.710. The third-order valence-corrected chi connectivity index (χ3v) is 12.0. The standard InChI is InChI=1S/C37H47N3O4S/c1-6-19-38(28-15-11-10-12-16-28)34(42)31-30-24-27(5)37(45-30)32(31)35(43)40(21-13-8-9-14-22-41)33(37)36(44)39(20-7-2)29-23-25(3)17-18-26(29)4/h6-7,10-12,15-18,23,27,30-33,41H,1-2,8-9,13-14,19-22,24H2,3-5H3/t27?,30-,31+,32-,33?,37?/m0/s1.